The van der Waals surface area contributed by atoms with Crippen LogP contribution in [0.5, 0.6) is 5.75 Å². The molecular weight excluding hydrogens is 342 g/mol. The molecule has 0 fully saturated rings. The van der Waals surface area contributed by atoms with Crippen LogP contribution in [0.3, 0.4) is 0 Å². The Bertz CT molecular complexity index is 964. The minimum Gasteiger partial charge on any atom is -0.484 e. The molecule has 0 aliphatic heterocycles. The van der Waals surface area contributed by atoms with Gasteiger partial charge in [0.25, 0.3) is 5.91 Å². The SMILES string of the molecule is CN(C)C(=O)COc1cccc(NC(=O)Cc2cccc3cccnc23)c1. The largest absolute Gasteiger partial charge is 0.484 e. The van der Waals surface area contributed by atoms with E-state index in [0.717, 1.165) is 16.5 Å². The summed E-state index contributed by atoms with van der Waals surface area (Å²) in [6.07, 6.45) is 1.94. The van der Waals surface area contributed by atoms with E-state index in [1.54, 1.807) is 44.6 Å². The Morgan fingerprint density at radius 1 is 1.07 bits per heavy atom. The predicted octanol–water partition coefficient (Wildman–Crippen LogP) is 2.88. The van der Waals surface area contributed by atoms with E-state index >= 15 is 0 Å². The number of fused-ring (bicyclic) bond motifs is 1. The summed E-state index contributed by atoms with van der Waals surface area (Å²) < 4.78 is 5.47. The van der Waals surface area contributed by atoms with Crippen LogP contribution in [0.1, 0.15) is 5.56 Å². The molecule has 0 aliphatic rings. The van der Waals surface area contributed by atoms with Crippen LogP contribution in [-0.2, 0) is 16.0 Å². The van der Waals surface area contributed by atoms with Gasteiger partial charge in [-0.1, -0.05) is 30.3 Å². The summed E-state index contributed by atoms with van der Waals surface area (Å²) >= 11 is 0. The molecule has 1 N–H and O–H groups in total. The Hall–Kier alpha value is -3.41. The Kier molecular flexibility index (Phi) is 5.66. The van der Waals surface area contributed by atoms with Crippen LogP contribution >= 0.6 is 0 Å². The van der Waals surface area contributed by atoms with Gasteiger partial charge in [0.1, 0.15) is 5.75 Å². The number of benzene rings is 2. The number of para-hydroxylation sites is 1. The van der Waals surface area contributed by atoms with Crippen molar-refractivity contribution in [3.63, 3.8) is 0 Å². The highest BCUT2D eigenvalue weighted by Crippen LogP contribution is 2.19. The van der Waals surface area contributed by atoms with Gasteiger partial charge >= 0.3 is 0 Å². The number of carbonyl (C=O) groups is 2. The maximum absolute atomic E-state index is 12.5. The highest BCUT2D eigenvalue weighted by molar-refractivity contribution is 5.95. The van der Waals surface area contributed by atoms with Crippen molar-refractivity contribution in [1.29, 1.82) is 0 Å². The zero-order chi connectivity index (χ0) is 19.2. The topological polar surface area (TPSA) is 71.5 Å². The molecule has 0 bridgehead atoms. The van der Waals surface area contributed by atoms with Gasteiger partial charge in [-0.15, -0.1) is 0 Å². The van der Waals surface area contributed by atoms with Gasteiger partial charge in [-0.2, -0.15) is 0 Å². The molecule has 0 aliphatic carbocycles. The molecule has 6 nitrogen and oxygen atoms in total. The van der Waals surface area contributed by atoms with Crippen molar-refractivity contribution in [3.8, 4) is 5.75 Å². The Balaban J connectivity index is 1.65. The fourth-order valence-electron chi connectivity index (χ4n) is 2.63. The number of ether oxygens (including phenoxy) is 1. The van der Waals surface area contributed by atoms with Crippen molar-refractivity contribution >= 4 is 28.4 Å². The number of rotatable bonds is 6. The first-order chi connectivity index (χ1) is 13.0. The molecule has 0 spiro atoms. The van der Waals surface area contributed by atoms with E-state index < -0.39 is 0 Å². The second-order valence-electron chi connectivity index (χ2n) is 6.32. The zero-order valence-electron chi connectivity index (χ0n) is 15.3. The summed E-state index contributed by atoms with van der Waals surface area (Å²) in [5, 5.41) is 3.87. The molecule has 2 amide bonds. The average Bonchev–Trinajstić information content (AvgIpc) is 2.66. The maximum atomic E-state index is 12.5. The van der Waals surface area contributed by atoms with Crippen LogP contribution in [0.2, 0.25) is 0 Å². The quantitative estimate of drug-likeness (QED) is 0.731. The molecule has 3 rings (SSSR count). The molecule has 27 heavy (non-hydrogen) atoms. The molecule has 0 atom stereocenters. The monoisotopic (exact) mass is 363 g/mol. The van der Waals surface area contributed by atoms with Crippen LogP contribution in [0.4, 0.5) is 5.69 Å². The minimum absolute atomic E-state index is 0.0495. The van der Waals surface area contributed by atoms with Gasteiger partial charge < -0.3 is 15.0 Å². The van der Waals surface area contributed by atoms with E-state index in [4.69, 9.17) is 4.74 Å². The second-order valence-corrected chi connectivity index (χ2v) is 6.32. The number of hydrogen-bond acceptors (Lipinski definition) is 4. The Morgan fingerprint density at radius 2 is 1.85 bits per heavy atom. The van der Waals surface area contributed by atoms with E-state index in [-0.39, 0.29) is 24.8 Å². The van der Waals surface area contributed by atoms with E-state index in [0.29, 0.717) is 11.4 Å². The first-order valence-corrected chi connectivity index (χ1v) is 8.58. The highest BCUT2D eigenvalue weighted by Gasteiger charge is 2.09. The van der Waals surface area contributed by atoms with Crippen molar-refractivity contribution < 1.29 is 14.3 Å². The summed E-state index contributed by atoms with van der Waals surface area (Å²) in [4.78, 5) is 29.9. The third kappa shape index (κ3) is 4.82. The molecule has 0 unspecified atom stereocenters. The molecule has 138 valence electrons. The number of amides is 2. The number of pyridine rings is 1. The average molecular weight is 363 g/mol. The van der Waals surface area contributed by atoms with Crippen molar-refractivity contribution in [1.82, 2.24) is 9.88 Å². The van der Waals surface area contributed by atoms with Crippen LogP contribution in [0.15, 0.2) is 60.8 Å². The normalized spacial score (nSPS) is 10.4. The third-order valence-corrected chi connectivity index (χ3v) is 4.05. The molecule has 3 aromatic rings. The Morgan fingerprint density at radius 3 is 2.67 bits per heavy atom. The van der Waals surface area contributed by atoms with Crippen LogP contribution in [0, 0.1) is 0 Å². The van der Waals surface area contributed by atoms with Gasteiger partial charge in [-0.25, -0.2) is 0 Å². The van der Waals surface area contributed by atoms with Gasteiger partial charge in [-0.05, 0) is 23.8 Å². The van der Waals surface area contributed by atoms with Gasteiger partial charge in [0.2, 0.25) is 5.91 Å². The van der Waals surface area contributed by atoms with Gasteiger partial charge in [0.05, 0.1) is 11.9 Å². The van der Waals surface area contributed by atoms with Gasteiger partial charge in [0.15, 0.2) is 6.61 Å². The lowest BCUT2D eigenvalue weighted by atomic mass is 10.1. The molecule has 0 saturated heterocycles. The lowest BCUT2D eigenvalue weighted by Crippen LogP contribution is -2.27. The molecule has 1 aromatic heterocycles. The zero-order valence-corrected chi connectivity index (χ0v) is 15.3. The number of anilines is 1. The lowest BCUT2D eigenvalue weighted by molar-refractivity contribution is -0.130. The van der Waals surface area contributed by atoms with Crippen molar-refractivity contribution in [3.05, 3.63) is 66.4 Å². The molecule has 6 heteroatoms. The number of hydrogen-bond donors (Lipinski definition) is 1. The number of aromatic nitrogens is 1. The molecule has 0 saturated carbocycles. The van der Waals surface area contributed by atoms with Crippen molar-refractivity contribution in [2.75, 3.05) is 26.0 Å². The summed E-state index contributed by atoms with van der Waals surface area (Å²) in [7, 11) is 3.34. The van der Waals surface area contributed by atoms with Gasteiger partial charge in [-0.3, -0.25) is 14.6 Å². The summed E-state index contributed by atoms with van der Waals surface area (Å²) in [6, 6.07) is 16.6. The summed E-state index contributed by atoms with van der Waals surface area (Å²) in [5.41, 5.74) is 2.31. The van der Waals surface area contributed by atoms with Crippen LogP contribution in [0.25, 0.3) is 10.9 Å². The summed E-state index contributed by atoms with van der Waals surface area (Å²) in [6.45, 7) is -0.0495. The highest BCUT2D eigenvalue weighted by atomic mass is 16.5. The Labute approximate surface area is 157 Å². The predicted molar refractivity (Wildman–Crippen MR) is 105 cm³/mol. The fourth-order valence-corrected chi connectivity index (χ4v) is 2.63. The van der Waals surface area contributed by atoms with Crippen molar-refractivity contribution in [2.24, 2.45) is 0 Å². The number of nitrogens with one attached hydrogen (secondary N) is 1. The second kappa shape index (κ2) is 8.31. The fraction of sp³-hybridized carbons (Fsp3) is 0.190. The van der Waals surface area contributed by atoms with Gasteiger partial charge in [0, 0.05) is 37.4 Å². The molecule has 2 aromatic carbocycles. The van der Waals surface area contributed by atoms with E-state index in [1.165, 1.54) is 4.90 Å². The van der Waals surface area contributed by atoms with Crippen LogP contribution < -0.4 is 10.1 Å². The first-order valence-electron chi connectivity index (χ1n) is 8.58. The van der Waals surface area contributed by atoms with E-state index in [9.17, 15) is 9.59 Å². The standard InChI is InChI=1S/C21H21N3O3/c1-24(2)20(26)14-27-18-10-4-9-17(13-18)23-19(25)12-16-7-3-6-15-8-5-11-22-21(15)16/h3-11,13H,12,14H2,1-2H3,(H,23,25). The van der Waals surface area contributed by atoms with E-state index in [1.807, 2.05) is 30.3 Å². The van der Waals surface area contributed by atoms with E-state index in [2.05, 4.69) is 10.3 Å². The lowest BCUT2D eigenvalue weighted by Gasteiger charge is -2.12. The van der Waals surface area contributed by atoms with Crippen LogP contribution in [-0.4, -0.2) is 42.4 Å². The van der Waals surface area contributed by atoms with Crippen molar-refractivity contribution in [2.45, 2.75) is 6.42 Å². The number of carbonyl (C=O) groups excluding carboxylic acids is 2. The number of likely N-dealkylation sites (N-methyl/N-ethyl adjacent to an activating group) is 1. The maximum Gasteiger partial charge on any atom is 0.259 e. The third-order valence-electron chi connectivity index (χ3n) is 4.05. The smallest absolute Gasteiger partial charge is 0.259 e. The minimum atomic E-state index is -0.144. The number of nitrogens with zero attached hydrogens (tertiary/aromatic N) is 2. The molecular formula is C21H21N3O3. The first kappa shape index (κ1) is 18.4. The molecule has 1 heterocycles. The molecule has 0 radical (unpaired) electrons. The summed E-state index contributed by atoms with van der Waals surface area (Å²) in [5.74, 6) is 0.248.